The monoisotopic (exact) mass is 333 g/mol. The number of aromatic nitrogens is 5. The molecule has 2 aromatic heterocycles. The summed E-state index contributed by atoms with van der Waals surface area (Å²) in [6, 6.07) is 1.80. The third-order valence-corrected chi connectivity index (χ3v) is 4.85. The van der Waals surface area contributed by atoms with Crippen LogP contribution in [0.1, 0.15) is 5.82 Å². The van der Waals surface area contributed by atoms with Gasteiger partial charge in [0.2, 0.25) is 11.9 Å². The van der Waals surface area contributed by atoms with Crippen LogP contribution in [0.3, 0.4) is 0 Å². The molecule has 9 heteroatoms. The Balaban J connectivity index is 1.49. The smallest absolute Gasteiger partial charge is 0.233 e. The van der Waals surface area contributed by atoms with Gasteiger partial charge in [0.25, 0.3) is 0 Å². The fraction of sp³-hybridized carbons (Fsp3) is 0.500. The van der Waals surface area contributed by atoms with Crippen LogP contribution >= 0.6 is 11.8 Å². The van der Waals surface area contributed by atoms with Crippen molar-refractivity contribution in [1.29, 1.82) is 0 Å². The summed E-state index contributed by atoms with van der Waals surface area (Å²) in [4.78, 5) is 24.8. The van der Waals surface area contributed by atoms with Crippen molar-refractivity contribution < 1.29 is 4.79 Å². The molecule has 0 atom stereocenters. The molecule has 1 aliphatic rings. The van der Waals surface area contributed by atoms with Crippen LogP contribution in [0, 0.1) is 6.92 Å². The summed E-state index contributed by atoms with van der Waals surface area (Å²) in [7, 11) is 1.90. The normalized spacial score (nSPS) is 15.0. The summed E-state index contributed by atoms with van der Waals surface area (Å²) < 4.78 is 1.89. The van der Waals surface area contributed by atoms with E-state index in [1.54, 1.807) is 18.5 Å². The van der Waals surface area contributed by atoms with Gasteiger partial charge in [-0.15, -0.1) is 10.2 Å². The van der Waals surface area contributed by atoms with Crippen LogP contribution in [0.5, 0.6) is 0 Å². The molecule has 122 valence electrons. The Bertz CT molecular complexity index is 667. The second kappa shape index (κ2) is 6.95. The van der Waals surface area contributed by atoms with E-state index in [1.165, 1.54) is 11.8 Å². The molecule has 23 heavy (non-hydrogen) atoms. The van der Waals surface area contributed by atoms with E-state index in [1.807, 2.05) is 23.4 Å². The van der Waals surface area contributed by atoms with E-state index in [9.17, 15) is 4.79 Å². The van der Waals surface area contributed by atoms with Crippen LogP contribution in [0.15, 0.2) is 23.6 Å². The summed E-state index contributed by atoms with van der Waals surface area (Å²) in [5, 5.41) is 8.83. The lowest BCUT2D eigenvalue weighted by atomic mass is 10.3. The lowest BCUT2D eigenvalue weighted by Gasteiger charge is -2.34. The summed E-state index contributed by atoms with van der Waals surface area (Å²) in [5.74, 6) is 2.08. The quantitative estimate of drug-likeness (QED) is 0.747. The molecular formula is C14H19N7OS. The van der Waals surface area contributed by atoms with Gasteiger partial charge in [-0.25, -0.2) is 9.97 Å². The highest BCUT2D eigenvalue weighted by Crippen LogP contribution is 2.17. The van der Waals surface area contributed by atoms with Crippen LogP contribution in [-0.4, -0.2) is 67.5 Å². The van der Waals surface area contributed by atoms with E-state index in [0.717, 1.165) is 30.0 Å². The summed E-state index contributed by atoms with van der Waals surface area (Å²) >= 11 is 1.43. The second-order valence-electron chi connectivity index (χ2n) is 5.29. The molecule has 0 aromatic carbocycles. The predicted octanol–water partition coefficient (Wildman–Crippen LogP) is 0.354. The summed E-state index contributed by atoms with van der Waals surface area (Å²) in [6.45, 7) is 4.78. The fourth-order valence-electron chi connectivity index (χ4n) is 2.34. The number of nitrogens with zero attached hydrogens (tertiary/aromatic N) is 7. The maximum atomic E-state index is 12.3. The number of carbonyl (C=O) groups is 1. The predicted molar refractivity (Wildman–Crippen MR) is 87.3 cm³/mol. The molecule has 0 spiro atoms. The van der Waals surface area contributed by atoms with E-state index >= 15 is 0 Å². The molecule has 8 nitrogen and oxygen atoms in total. The van der Waals surface area contributed by atoms with E-state index in [4.69, 9.17) is 0 Å². The highest BCUT2D eigenvalue weighted by atomic mass is 32.2. The number of rotatable bonds is 4. The third kappa shape index (κ3) is 3.61. The molecule has 3 heterocycles. The third-order valence-electron chi connectivity index (χ3n) is 3.84. The molecule has 0 bridgehead atoms. The summed E-state index contributed by atoms with van der Waals surface area (Å²) in [5.41, 5.74) is 0. The highest BCUT2D eigenvalue weighted by Gasteiger charge is 2.22. The van der Waals surface area contributed by atoms with Crippen LogP contribution in [-0.2, 0) is 11.8 Å². The van der Waals surface area contributed by atoms with Crippen LogP contribution < -0.4 is 4.90 Å². The van der Waals surface area contributed by atoms with Crippen molar-refractivity contribution in [3.63, 3.8) is 0 Å². The molecule has 0 aliphatic carbocycles. The largest absolute Gasteiger partial charge is 0.338 e. The number of thioether (sulfide) groups is 1. The van der Waals surface area contributed by atoms with Gasteiger partial charge in [0.15, 0.2) is 5.16 Å². The number of anilines is 1. The molecular weight excluding hydrogens is 314 g/mol. The minimum atomic E-state index is 0.129. The Morgan fingerprint density at radius 1 is 1.17 bits per heavy atom. The minimum absolute atomic E-state index is 0.129. The molecule has 2 aromatic rings. The van der Waals surface area contributed by atoms with Crippen molar-refractivity contribution in [2.24, 2.45) is 7.05 Å². The van der Waals surface area contributed by atoms with Crippen LogP contribution in [0.4, 0.5) is 5.95 Å². The first kappa shape index (κ1) is 15.7. The Morgan fingerprint density at radius 2 is 1.87 bits per heavy atom. The molecule has 0 saturated carbocycles. The van der Waals surface area contributed by atoms with Gasteiger partial charge in [0, 0.05) is 45.6 Å². The van der Waals surface area contributed by atoms with Crippen LogP contribution in [0.25, 0.3) is 0 Å². The van der Waals surface area contributed by atoms with E-state index < -0.39 is 0 Å². The Hall–Kier alpha value is -2.16. The van der Waals surface area contributed by atoms with Gasteiger partial charge in [-0.1, -0.05) is 11.8 Å². The van der Waals surface area contributed by atoms with Crippen molar-refractivity contribution in [2.45, 2.75) is 12.1 Å². The first-order chi connectivity index (χ1) is 11.1. The molecule has 0 N–H and O–H groups in total. The zero-order valence-electron chi connectivity index (χ0n) is 13.2. The van der Waals surface area contributed by atoms with Gasteiger partial charge in [0.05, 0.1) is 5.75 Å². The van der Waals surface area contributed by atoms with Crippen molar-refractivity contribution in [3.05, 3.63) is 24.3 Å². The van der Waals surface area contributed by atoms with E-state index in [-0.39, 0.29) is 5.91 Å². The van der Waals surface area contributed by atoms with Crippen molar-refractivity contribution in [3.8, 4) is 0 Å². The number of amides is 1. The van der Waals surface area contributed by atoms with Gasteiger partial charge in [0.1, 0.15) is 5.82 Å². The average molecular weight is 333 g/mol. The molecule has 1 fully saturated rings. The van der Waals surface area contributed by atoms with Gasteiger partial charge >= 0.3 is 0 Å². The summed E-state index contributed by atoms with van der Waals surface area (Å²) in [6.07, 6.45) is 3.47. The maximum Gasteiger partial charge on any atom is 0.233 e. The van der Waals surface area contributed by atoms with Gasteiger partial charge < -0.3 is 14.4 Å². The highest BCUT2D eigenvalue weighted by molar-refractivity contribution is 7.99. The van der Waals surface area contributed by atoms with Crippen molar-refractivity contribution in [1.82, 2.24) is 29.6 Å². The Morgan fingerprint density at radius 3 is 2.48 bits per heavy atom. The van der Waals surface area contributed by atoms with E-state index in [2.05, 4.69) is 25.1 Å². The lowest BCUT2D eigenvalue weighted by Crippen LogP contribution is -2.49. The van der Waals surface area contributed by atoms with Gasteiger partial charge in [-0.3, -0.25) is 4.79 Å². The first-order valence-corrected chi connectivity index (χ1v) is 8.42. The number of aryl methyl sites for hydroxylation is 1. The van der Waals surface area contributed by atoms with Crippen molar-refractivity contribution >= 4 is 23.6 Å². The van der Waals surface area contributed by atoms with Gasteiger partial charge in [-0.2, -0.15) is 0 Å². The molecule has 3 rings (SSSR count). The van der Waals surface area contributed by atoms with E-state index in [0.29, 0.717) is 18.8 Å². The Labute approximate surface area is 138 Å². The molecule has 1 saturated heterocycles. The molecule has 1 aliphatic heterocycles. The number of piperazine rings is 1. The topological polar surface area (TPSA) is 80.0 Å². The number of hydrogen-bond acceptors (Lipinski definition) is 7. The number of hydrogen-bond donors (Lipinski definition) is 0. The Kier molecular flexibility index (Phi) is 4.75. The fourth-order valence-corrected chi connectivity index (χ4v) is 3.20. The second-order valence-corrected chi connectivity index (χ2v) is 6.24. The average Bonchev–Trinajstić information content (AvgIpc) is 2.92. The lowest BCUT2D eigenvalue weighted by molar-refractivity contribution is -0.128. The van der Waals surface area contributed by atoms with Crippen LogP contribution in [0.2, 0.25) is 0 Å². The maximum absolute atomic E-state index is 12.3. The van der Waals surface area contributed by atoms with Crippen molar-refractivity contribution in [2.75, 3.05) is 36.8 Å². The molecule has 1 amide bonds. The SMILES string of the molecule is Cc1nnc(SCC(=O)N2CCN(c3ncccn3)CC2)n1C. The minimum Gasteiger partial charge on any atom is -0.338 e. The number of carbonyl (C=O) groups excluding carboxylic acids is 1. The standard InChI is InChI=1S/C14H19N7OS/c1-11-17-18-14(19(11)2)23-10-12(22)20-6-8-21(9-7-20)13-15-4-3-5-16-13/h3-5H,6-10H2,1-2H3. The zero-order valence-corrected chi connectivity index (χ0v) is 14.0. The first-order valence-electron chi connectivity index (χ1n) is 7.43. The zero-order chi connectivity index (χ0) is 16.2. The molecule has 0 unspecified atom stereocenters. The van der Waals surface area contributed by atoms with Gasteiger partial charge in [-0.05, 0) is 13.0 Å². The molecule has 0 radical (unpaired) electrons.